The second-order valence-corrected chi connectivity index (χ2v) is 6.89. The molecular formula is C16H26N2O3. The quantitative estimate of drug-likeness (QED) is 0.822. The number of fused-ring (bicyclic) bond motifs is 1. The number of urea groups is 1. The Morgan fingerprint density at radius 2 is 1.62 bits per heavy atom. The molecular weight excluding hydrogens is 268 g/mol. The van der Waals surface area contributed by atoms with Crippen LogP contribution in [0.2, 0.25) is 0 Å². The standard InChI is InChI=1S/C16H26N2O3/c19-15(20)14-10-11-6-4-5-9-13(11)18(14)16(21)17-12-7-2-1-3-8-12/h11-14H,1-10H2,(H,17,21)(H,19,20)/t11-,13+,14+/m1/s1. The van der Waals surface area contributed by atoms with E-state index < -0.39 is 12.0 Å². The number of carboxylic acid groups (broad SMARTS) is 1. The molecule has 1 aliphatic heterocycles. The summed E-state index contributed by atoms with van der Waals surface area (Å²) in [7, 11) is 0. The molecule has 2 N–H and O–H groups in total. The van der Waals surface area contributed by atoms with E-state index >= 15 is 0 Å². The van der Waals surface area contributed by atoms with Crippen molar-refractivity contribution in [3.05, 3.63) is 0 Å². The zero-order valence-corrected chi connectivity index (χ0v) is 12.6. The Kier molecular flexibility index (Phi) is 4.36. The van der Waals surface area contributed by atoms with Crippen molar-refractivity contribution in [3.63, 3.8) is 0 Å². The highest BCUT2D eigenvalue weighted by Crippen LogP contribution is 2.39. The molecule has 3 atom stereocenters. The third-order valence-corrected chi connectivity index (χ3v) is 5.54. The Labute approximate surface area is 126 Å². The molecule has 0 radical (unpaired) electrons. The molecule has 3 rings (SSSR count). The molecule has 0 aromatic rings. The van der Waals surface area contributed by atoms with Crippen LogP contribution in [0, 0.1) is 5.92 Å². The smallest absolute Gasteiger partial charge is 0.326 e. The summed E-state index contributed by atoms with van der Waals surface area (Å²) < 4.78 is 0. The Morgan fingerprint density at radius 3 is 2.33 bits per heavy atom. The van der Waals surface area contributed by atoms with Crippen LogP contribution in [-0.2, 0) is 4.79 Å². The second kappa shape index (κ2) is 6.24. The number of hydrogen-bond acceptors (Lipinski definition) is 2. The highest BCUT2D eigenvalue weighted by atomic mass is 16.4. The molecule has 3 fully saturated rings. The molecule has 2 saturated carbocycles. The molecule has 0 unspecified atom stereocenters. The topological polar surface area (TPSA) is 69.6 Å². The lowest BCUT2D eigenvalue weighted by Gasteiger charge is -2.34. The highest BCUT2D eigenvalue weighted by Gasteiger charge is 2.47. The fourth-order valence-electron chi connectivity index (χ4n) is 4.47. The van der Waals surface area contributed by atoms with Gasteiger partial charge in [-0.3, -0.25) is 0 Å². The Balaban J connectivity index is 1.69. The number of amides is 2. The van der Waals surface area contributed by atoms with Crippen molar-refractivity contribution in [2.45, 2.75) is 82.3 Å². The average molecular weight is 294 g/mol. The van der Waals surface area contributed by atoms with Crippen molar-refractivity contribution in [1.29, 1.82) is 0 Å². The van der Waals surface area contributed by atoms with Gasteiger partial charge in [-0.2, -0.15) is 0 Å². The van der Waals surface area contributed by atoms with Gasteiger partial charge in [0.05, 0.1) is 0 Å². The van der Waals surface area contributed by atoms with Crippen molar-refractivity contribution >= 4 is 12.0 Å². The summed E-state index contributed by atoms with van der Waals surface area (Å²) >= 11 is 0. The first-order chi connectivity index (χ1) is 10.2. The van der Waals surface area contributed by atoms with Crippen LogP contribution < -0.4 is 5.32 Å². The van der Waals surface area contributed by atoms with Crippen LogP contribution in [-0.4, -0.2) is 40.1 Å². The normalized spacial score (nSPS) is 33.5. The van der Waals surface area contributed by atoms with Gasteiger partial charge in [0, 0.05) is 12.1 Å². The lowest BCUT2D eigenvalue weighted by molar-refractivity contribution is -0.141. The number of nitrogens with one attached hydrogen (secondary N) is 1. The van der Waals surface area contributed by atoms with Crippen molar-refractivity contribution in [2.75, 3.05) is 0 Å². The van der Waals surface area contributed by atoms with Crippen molar-refractivity contribution in [1.82, 2.24) is 10.2 Å². The maximum atomic E-state index is 12.6. The molecule has 2 amide bonds. The lowest BCUT2D eigenvalue weighted by atomic mass is 9.85. The van der Waals surface area contributed by atoms with E-state index in [4.69, 9.17) is 0 Å². The van der Waals surface area contributed by atoms with E-state index in [0.29, 0.717) is 12.3 Å². The third kappa shape index (κ3) is 3.01. The summed E-state index contributed by atoms with van der Waals surface area (Å²) in [6.45, 7) is 0. The van der Waals surface area contributed by atoms with Gasteiger partial charge in [-0.1, -0.05) is 32.1 Å². The first kappa shape index (κ1) is 14.7. The van der Waals surface area contributed by atoms with E-state index in [1.54, 1.807) is 4.90 Å². The SMILES string of the molecule is O=C(O)[C@@H]1C[C@H]2CCCC[C@@H]2N1C(=O)NC1CCCCC1. The van der Waals surface area contributed by atoms with Gasteiger partial charge in [-0.25, -0.2) is 9.59 Å². The Morgan fingerprint density at radius 1 is 0.952 bits per heavy atom. The summed E-state index contributed by atoms with van der Waals surface area (Å²) in [5, 5.41) is 12.6. The van der Waals surface area contributed by atoms with Gasteiger partial charge in [0.2, 0.25) is 0 Å². The number of hydrogen-bond donors (Lipinski definition) is 2. The number of carbonyl (C=O) groups excluding carboxylic acids is 1. The molecule has 1 heterocycles. The predicted molar refractivity (Wildman–Crippen MR) is 79.0 cm³/mol. The van der Waals surface area contributed by atoms with Crippen molar-refractivity contribution < 1.29 is 14.7 Å². The molecule has 5 heteroatoms. The van der Waals surface area contributed by atoms with E-state index in [0.717, 1.165) is 32.1 Å². The summed E-state index contributed by atoms with van der Waals surface area (Å²) in [6.07, 6.45) is 10.6. The zero-order valence-electron chi connectivity index (χ0n) is 12.6. The minimum atomic E-state index is -0.844. The van der Waals surface area contributed by atoms with Crippen LogP contribution in [0.25, 0.3) is 0 Å². The minimum absolute atomic E-state index is 0.135. The van der Waals surface area contributed by atoms with Gasteiger partial charge in [0.1, 0.15) is 6.04 Å². The lowest BCUT2D eigenvalue weighted by Crippen LogP contribution is -2.53. The first-order valence-electron chi connectivity index (χ1n) is 8.48. The van der Waals surface area contributed by atoms with Gasteiger partial charge >= 0.3 is 12.0 Å². The zero-order chi connectivity index (χ0) is 14.8. The minimum Gasteiger partial charge on any atom is -0.480 e. The number of carboxylic acids is 1. The Bertz CT molecular complexity index is 406. The molecule has 1 saturated heterocycles. The molecule has 0 aromatic heterocycles. The van der Waals surface area contributed by atoms with Gasteiger partial charge in [-0.15, -0.1) is 0 Å². The summed E-state index contributed by atoms with van der Waals surface area (Å²) in [6, 6.07) is -0.378. The van der Waals surface area contributed by atoms with E-state index in [9.17, 15) is 14.7 Å². The summed E-state index contributed by atoms with van der Waals surface area (Å²) in [5.41, 5.74) is 0. The first-order valence-corrected chi connectivity index (χ1v) is 8.48. The second-order valence-electron chi connectivity index (χ2n) is 6.89. The summed E-state index contributed by atoms with van der Waals surface area (Å²) in [4.78, 5) is 25.8. The molecule has 0 aromatic carbocycles. The molecule has 0 spiro atoms. The van der Waals surface area contributed by atoms with Crippen LogP contribution in [0.4, 0.5) is 4.79 Å². The fraction of sp³-hybridized carbons (Fsp3) is 0.875. The van der Waals surface area contributed by atoms with Crippen LogP contribution >= 0.6 is 0 Å². The maximum Gasteiger partial charge on any atom is 0.326 e. The van der Waals surface area contributed by atoms with E-state index in [2.05, 4.69) is 5.32 Å². The number of aliphatic carboxylic acids is 1. The van der Waals surface area contributed by atoms with Gasteiger partial charge in [-0.05, 0) is 38.0 Å². The van der Waals surface area contributed by atoms with E-state index in [1.807, 2.05) is 0 Å². The van der Waals surface area contributed by atoms with Gasteiger partial charge in [0.15, 0.2) is 0 Å². The van der Waals surface area contributed by atoms with Gasteiger partial charge < -0.3 is 15.3 Å². The van der Waals surface area contributed by atoms with E-state index in [-0.39, 0.29) is 18.1 Å². The highest BCUT2D eigenvalue weighted by molar-refractivity contribution is 5.84. The number of nitrogens with zero attached hydrogens (tertiary/aromatic N) is 1. The number of carbonyl (C=O) groups is 2. The van der Waals surface area contributed by atoms with Crippen molar-refractivity contribution in [3.8, 4) is 0 Å². The molecule has 5 nitrogen and oxygen atoms in total. The molecule has 118 valence electrons. The molecule has 2 aliphatic carbocycles. The number of rotatable bonds is 2. The maximum absolute atomic E-state index is 12.6. The van der Waals surface area contributed by atoms with E-state index in [1.165, 1.54) is 25.7 Å². The van der Waals surface area contributed by atoms with Crippen LogP contribution in [0.15, 0.2) is 0 Å². The van der Waals surface area contributed by atoms with Crippen molar-refractivity contribution in [2.24, 2.45) is 5.92 Å². The van der Waals surface area contributed by atoms with Crippen LogP contribution in [0.5, 0.6) is 0 Å². The third-order valence-electron chi connectivity index (χ3n) is 5.54. The van der Waals surface area contributed by atoms with Gasteiger partial charge in [0.25, 0.3) is 0 Å². The Hall–Kier alpha value is -1.26. The number of likely N-dealkylation sites (tertiary alicyclic amines) is 1. The monoisotopic (exact) mass is 294 g/mol. The van der Waals surface area contributed by atoms with Crippen LogP contribution in [0.3, 0.4) is 0 Å². The fourth-order valence-corrected chi connectivity index (χ4v) is 4.47. The largest absolute Gasteiger partial charge is 0.480 e. The average Bonchev–Trinajstić information content (AvgIpc) is 2.88. The summed E-state index contributed by atoms with van der Waals surface area (Å²) in [5.74, 6) is -0.458. The predicted octanol–water partition coefficient (Wildman–Crippen LogP) is 2.75. The molecule has 0 bridgehead atoms. The molecule has 21 heavy (non-hydrogen) atoms. The molecule has 3 aliphatic rings. The van der Waals surface area contributed by atoms with Crippen LogP contribution in [0.1, 0.15) is 64.2 Å².